The summed E-state index contributed by atoms with van der Waals surface area (Å²) in [5.41, 5.74) is 0. The predicted molar refractivity (Wildman–Crippen MR) is 91.3 cm³/mol. The van der Waals surface area contributed by atoms with E-state index in [4.69, 9.17) is 4.74 Å². The second kappa shape index (κ2) is 12.1. The lowest BCUT2D eigenvalue weighted by molar-refractivity contribution is -0.150. The lowest BCUT2D eigenvalue weighted by Crippen LogP contribution is -2.21. The summed E-state index contributed by atoms with van der Waals surface area (Å²) in [5, 5.41) is 0. The molecule has 0 rings (SSSR count). The minimum Gasteiger partial charge on any atom is -0.462 e. The molecular weight excluding hydrogens is 260 g/mol. The first-order chi connectivity index (χ1) is 9.90. The van der Waals surface area contributed by atoms with Crippen LogP contribution in [0.3, 0.4) is 0 Å². The van der Waals surface area contributed by atoms with Gasteiger partial charge in [-0.05, 0) is 31.1 Å². The summed E-state index contributed by atoms with van der Waals surface area (Å²) < 4.78 is 5.38. The van der Waals surface area contributed by atoms with Crippen LogP contribution in [0, 0.1) is 17.8 Å². The van der Waals surface area contributed by atoms with Crippen LogP contribution >= 0.6 is 0 Å². The fraction of sp³-hybridized carbons (Fsp3) is 0.947. The molecule has 21 heavy (non-hydrogen) atoms. The zero-order valence-corrected chi connectivity index (χ0v) is 15.3. The molecule has 0 aromatic rings. The standard InChI is InChI=1S/C19H38O2/c1-7-15(3)11-9-12-16(4)13-10-14-17(5)18(6)21-19(20)8-2/h15-18H,7-14H2,1-6H3/t15-,16+,17+,18-/m1/s1. The summed E-state index contributed by atoms with van der Waals surface area (Å²) in [5.74, 6) is 2.10. The van der Waals surface area contributed by atoms with Gasteiger partial charge < -0.3 is 4.74 Å². The van der Waals surface area contributed by atoms with Gasteiger partial charge in [0.05, 0.1) is 0 Å². The van der Waals surface area contributed by atoms with Crippen molar-refractivity contribution in [1.29, 1.82) is 0 Å². The Labute approximate surface area is 133 Å². The van der Waals surface area contributed by atoms with Gasteiger partial charge in [-0.25, -0.2) is 0 Å². The van der Waals surface area contributed by atoms with Crippen molar-refractivity contribution in [3.05, 3.63) is 0 Å². The minimum atomic E-state index is -0.0761. The molecule has 0 aliphatic carbocycles. The molecule has 0 aromatic carbocycles. The number of ether oxygens (including phenoxy) is 1. The highest BCUT2D eigenvalue weighted by Crippen LogP contribution is 2.22. The molecule has 0 amide bonds. The van der Waals surface area contributed by atoms with Gasteiger partial charge >= 0.3 is 5.97 Å². The maximum absolute atomic E-state index is 11.3. The van der Waals surface area contributed by atoms with E-state index in [2.05, 4.69) is 27.7 Å². The largest absolute Gasteiger partial charge is 0.462 e. The lowest BCUT2D eigenvalue weighted by atomic mass is 9.91. The molecule has 0 spiro atoms. The van der Waals surface area contributed by atoms with Crippen molar-refractivity contribution in [2.24, 2.45) is 17.8 Å². The third kappa shape index (κ3) is 10.8. The Bertz CT molecular complexity index is 262. The maximum Gasteiger partial charge on any atom is 0.305 e. The summed E-state index contributed by atoms with van der Waals surface area (Å²) in [6, 6.07) is 0. The Morgan fingerprint density at radius 2 is 1.38 bits per heavy atom. The Kier molecular flexibility index (Phi) is 11.8. The fourth-order valence-corrected chi connectivity index (χ4v) is 2.59. The third-order valence-electron chi connectivity index (χ3n) is 4.85. The van der Waals surface area contributed by atoms with Crippen LogP contribution in [-0.2, 0) is 9.53 Å². The molecule has 0 heterocycles. The summed E-state index contributed by atoms with van der Waals surface area (Å²) in [6.07, 6.45) is 9.66. The fourth-order valence-electron chi connectivity index (χ4n) is 2.59. The smallest absolute Gasteiger partial charge is 0.305 e. The molecule has 0 unspecified atom stereocenters. The molecule has 0 N–H and O–H groups in total. The van der Waals surface area contributed by atoms with Crippen molar-refractivity contribution >= 4 is 5.97 Å². The van der Waals surface area contributed by atoms with Crippen molar-refractivity contribution in [1.82, 2.24) is 0 Å². The van der Waals surface area contributed by atoms with Crippen molar-refractivity contribution in [2.75, 3.05) is 0 Å². The second-order valence-electron chi connectivity index (χ2n) is 7.01. The molecule has 0 saturated heterocycles. The number of rotatable bonds is 12. The van der Waals surface area contributed by atoms with Crippen LogP contribution in [0.4, 0.5) is 0 Å². The lowest BCUT2D eigenvalue weighted by Gasteiger charge is -2.21. The van der Waals surface area contributed by atoms with Gasteiger partial charge in [-0.15, -0.1) is 0 Å². The van der Waals surface area contributed by atoms with E-state index in [1.54, 1.807) is 0 Å². The number of hydrogen-bond donors (Lipinski definition) is 0. The summed E-state index contributed by atoms with van der Waals surface area (Å²) in [4.78, 5) is 11.3. The highest BCUT2D eigenvalue weighted by Gasteiger charge is 2.16. The molecule has 0 saturated carbocycles. The van der Waals surface area contributed by atoms with Crippen molar-refractivity contribution in [3.63, 3.8) is 0 Å². The van der Waals surface area contributed by atoms with Crippen LogP contribution in [0.1, 0.15) is 92.9 Å². The van der Waals surface area contributed by atoms with E-state index < -0.39 is 0 Å². The summed E-state index contributed by atoms with van der Waals surface area (Å²) in [7, 11) is 0. The van der Waals surface area contributed by atoms with Gasteiger partial charge in [-0.2, -0.15) is 0 Å². The van der Waals surface area contributed by atoms with E-state index in [0.29, 0.717) is 12.3 Å². The van der Waals surface area contributed by atoms with E-state index in [0.717, 1.165) is 18.3 Å². The number of hydrogen-bond acceptors (Lipinski definition) is 2. The molecule has 2 heteroatoms. The first kappa shape index (κ1) is 20.5. The van der Waals surface area contributed by atoms with Gasteiger partial charge in [-0.1, -0.05) is 73.1 Å². The zero-order chi connectivity index (χ0) is 16.3. The Morgan fingerprint density at radius 3 is 1.90 bits per heavy atom. The Balaban J connectivity index is 3.69. The highest BCUT2D eigenvalue weighted by atomic mass is 16.5. The van der Waals surface area contributed by atoms with Gasteiger partial charge in [0, 0.05) is 6.42 Å². The second-order valence-corrected chi connectivity index (χ2v) is 7.01. The Hall–Kier alpha value is -0.530. The number of carbonyl (C=O) groups excluding carboxylic acids is 1. The van der Waals surface area contributed by atoms with Gasteiger partial charge in [0.15, 0.2) is 0 Å². The SMILES string of the molecule is CCC(=O)O[C@H](C)[C@@H](C)CCC[C@@H](C)CCC[C@H](C)CC. The van der Waals surface area contributed by atoms with Crippen molar-refractivity contribution < 1.29 is 9.53 Å². The van der Waals surface area contributed by atoms with E-state index in [9.17, 15) is 4.79 Å². The molecule has 4 atom stereocenters. The van der Waals surface area contributed by atoms with Crippen LogP contribution in [0.15, 0.2) is 0 Å². The van der Waals surface area contributed by atoms with Crippen molar-refractivity contribution in [2.45, 2.75) is 99.0 Å². The quantitative estimate of drug-likeness (QED) is 0.414. The van der Waals surface area contributed by atoms with Gasteiger partial charge in [0.1, 0.15) is 6.10 Å². The average Bonchev–Trinajstić information content (AvgIpc) is 2.46. The molecule has 0 fully saturated rings. The minimum absolute atomic E-state index is 0.0539. The molecule has 0 aliphatic heterocycles. The van der Waals surface area contributed by atoms with Gasteiger partial charge in [0.25, 0.3) is 0 Å². The first-order valence-electron chi connectivity index (χ1n) is 9.10. The van der Waals surface area contributed by atoms with Crippen LogP contribution in [0.5, 0.6) is 0 Å². The predicted octanol–water partition coefficient (Wildman–Crippen LogP) is 5.99. The molecule has 0 bridgehead atoms. The topological polar surface area (TPSA) is 26.3 Å². The van der Waals surface area contributed by atoms with E-state index in [1.165, 1.54) is 38.5 Å². The van der Waals surface area contributed by atoms with E-state index >= 15 is 0 Å². The molecule has 0 aromatic heterocycles. The molecule has 126 valence electrons. The molecule has 0 aliphatic rings. The van der Waals surface area contributed by atoms with Crippen LogP contribution in [0.25, 0.3) is 0 Å². The zero-order valence-electron chi connectivity index (χ0n) is 15.3. The number of esters is 1. The third-order valence-corrected chi connectivity index (χ3v) is 4.85. The summed E-state index contributed by atoms with van der Waals surface area (Å²) in [6.45, 7) is 13.1. The molecule has 0 radical (unpaired) electrons. The Morgan fingerprint density at radius 1 is 0.857 bits per heavy atom. The monoisotopic (exact) mass is 298 g/mol. The molecule has 2 nitrogen and oxygen atoms in total. The molecular formula is C19H38O2. The van der Waals surface area contributed by atoms with Gasteiger partial charge in [-0.3, -0.25) is 4.79 Å². The highest BCUT2D eigenvalue weighted by molar-refractivity contribution is 5.69. The number of carbonyl (C=O) groups is 1. The average molecular weight is 299 g/mol. The van der Waals surface area contributed by atoms with Crippen molar-refractivity contribution in [3.8, 4) is 0 Å². The van der Waals surface area contributed by atoms with Crippen LogP contribution in [-0.4, -0.2) is 12.1 Å². The first-order valence-corrected chi connectivity index (χ1v) is 9.10. The van der Waals surface area contributed by atoms with Crippen LogP contribution < -0.4 is 0 Å². The van der Waals surface area contributed by atoms with E-state index in [1.807, 2.05) is 13.8 Å². The maximum atomic E-state index is 11.3. The normalized spacial score (nSPS) is 17.0. The van der Waals surface area contributed by atoms with Crippen LogP contribution in [0.2, 0.25) is 0 Å². The van der Waals surface area contributed by atoms with E-state index in [-0.39, 0.29) is 12.1 Å². The van der Waals surface area contributed by atoms with Gasteiger partial charge in [0.2, 0.25) is 0 Å². The summed E-state index contributed by atoms with van der Waals surface area (Å²) >= 11 is 0.